The van der Waals surface area contributed by atoms with E-state index in [4.69, 9.17) is 11.6 Å². The Labute approximate surface area is 150 Å². The summed E-state index contributed by atoms with van der Waals surface area (Å²) in [5, 5.41) is 5.56. The number of amides is 2. The third-order valence-electron chi connectivity index (χ3n) is 3.43. The van der Waals surface area contributed by atoms with Crippen molar-refractivity contribution in [3.05, 3.63) is 64.7 Å². The molecule has 0 saturated carbocycles. The number of ether oxygens (including phenoxy) is 1. The lowest BCUT2D eigenvalue weighted by atomic mass is 10.2. The van der Waals surface area contributed by atoms with Crippen LogP contribution in [0.4, 0.5) is 5.69 Å². The Bertz CT molecular complexity index is 790. The van der Waals surface area contributed by atoms with E-state index in [0.717, 1.165) is 0 Å². The van der Waals surface area contributed by atoms with Crippen LogP contribution < -0.4 is 10.6 Å². The first-order valence-corrected chi connectivity index (χ1v) is 7.85. The fraction of sp³-hybridized carbons (Fsp3) is 0.167. The molecule has 0 aliphatic heterocycles. The van der Waals surface area contributed by atoms with Gasteiger partial charge in [-0.3, -0.25) is 9.59 Å². The Balaban J connectivity index is 1.97. The minimum absolute atomic E-state index is 0.297. The number of esters is 1. The number of nitrogens with one attached hydrogen (secondary N) is 2. The van der Waals surface area contributed by atoms with Crippen LogP contribution in [0.1, 0.15) is 27.6 Å². The van der Waals surface area contributed by atoms with Gasteiger partial charge < -0.3 is 15.4 Å². The first kappa shape index (κ1) is 18.5. The maximum absolute atomic E-state index is 12.2. The zero-order valence-corrected chi connectivity index (χ0v) is 14.5. The first-order valence-electron chi connectivity index (χ1n) is 7.47. The quantitative estimate of drug-likeness (QED) is 0.803. The molecule has 0 aliphatic rings. The average molecular weight is 361 g/mol. The van der Waals surface area contributed by atoms with Crippen molar-refractivity contribution in [3.63, 3.8) is 0 Å². The van der Waals surface area contributed by atoms with Crippen molar-refractivity contribution in [2.75, 3.05) is 12.4 Å². The molecule has 6 nitrogen and oxygen atoms in total. The maximum Gasteiger partial charge on any atom is 0.337 e. The van der Waals surface area contributed by atoms with Crippen LogP contribution in [0.2, 0.25) is 5.02 Å². The second kappa shape index (κ2) is 8.30. The molecule has 0 bridgehead atoms. The number of rotatable bonds is 5. The van der Waals surface area contributed by atoms with Crippen molar-refractivity contribution < 1.29 is 19.1 Å². The average Bonchev–Trinajstić information content (AvgIpc) is 2.61. The highest BCUT2D eigenvalue weighted by Crippen LogP contribution is 2.15. The Morgan fingerprint density at radius 2 is 1.68 bits per heavy atom. The number of methoxy groups -OCH3 is 1. The molecule has 0 radical (unpaired) electrons. The molecular formula is C18H17ClN2O4. The zero-order chi connectivity index (χ0) is 18.4. The minimum atomic E-state index is -0.774. The molecule has 7 heteroatoms. The maximum atomic E-state index is 12.2. The lowest BCUT2D eigenvalue weighted by molar-refractivity contribution is -0.117. The molecule has 0 spiro atoms. The smallest absolute Gasteiger partial charge is 0.337 e. The highest BCUT2D eigenvalue weighted by atomic mass is 35.5. The number of benzene rings is 2. The van der Waals surface area contributed by atoms with Gasteiger partial charge in [-0.2, -0.15) is 0 Å². The Morgan fingerprint density at radius 3 is 2.28 bits per heavy atom. The summed E-state index contributed by atoms with van der Waals surface area (Å²) in [4.78, 5) is 35.7. The Hall–Kier alpha value is -2.86. The Morgan fingerprint density at radius 1 is 1.04 bits per heavy atom. The number of carbonyl (C=O) groups excluding carboxylic acids is 3. The topological polar surface area (TPSA) is 84.5 Å². The summed E-state index contributed by atoms with van der Waals surface area (Å²) in [5.74, 6) is -1.29. The number of halogens is 1. The fourth-order valence-electron chi connectivity index (χ4n) is 2.04. The molecule has 0 saturated heterocycles. The molecule has 25 heavy (non-hydrogen) atoms. The number of carbonyl (C=O) groups is 3. The lowest BCUT2D eigenvalue weighted by Gasteiger charge is -2.15. The molecule has 2 aromatic rings. The molecule has 2 aromatic carbocycles. The van der Waals surface area contributed by atoms with Crippen molar-refractivity contribution in [3.8, 4) is 0 Å². The predicted molar refractivity (Wildman–Crippen MR) is 94.8 cm³/mol. The summed E-state index contributed by atoms with van der Waals surface area (Å²) < 4.78 is 4.61. The SMILES string of the molecule is COC(=O)c1ccc(NC(=O)[C@H](C)NC(=O)c2ccccc2Cl)cc1. The van der Waals surface area contributed by atoms with Crippen LogP contribution in [0, 0.1) is 0 Å². The second-order valence-corrected chi connectivity index (χ2v) is 5.64. The summed E-state index contributed by atoms with van der Waals surface area (Å²) in [6.45, 7) is 1.56. The molecule has 0 aliphatic carbocycles. The van der Waals surface area contributed by atoms with E-state index in [-0.39, 0.29) is 0 Å². The number of anilines is 1. The highest BCUT2D eigenvalue weighted by Gasteiger charge is 2.18. The molecule has 2 rings (SSSR count). The normalized spacial score (nSPS) is 11.3. The van der Waals surface area contributed by atoms with E-state index >= 15 is 0 Å². The van der Waals surface area contributed by atoms with Gasteiger partial charge in [-0.15, -0.1) is 0 Å². The fourth-order valence-corrected chi connectivity index (χ4v) is 2.26. The van der Waals surface area contributed by atoms with Gasteiger partial charge in [0.05, 0.1) is 23.3 Å². The summed E-state index contributed by atoms with van der Waals surface area (Å²) in [6.07, 6.45) is 0. The summed E-state index contributed by atoms with van der Waals surface area (Å²) in [7, 11) is 1.29. The van der Waals surface area contributed by atoms with Crippen molar-refractivity contribution >= 4 is 35.1 Å². The molecule has 0 heterocycles. The van der Waals surface area contributed by atoms with Gasteiger partial charge in [-0.05, 0) is 43.3 Å². The number of hydrogen-bond acceptors (Lipinski definition) is 4. The van der Waals surface area contributed by atoms with Crippen molar-refractivity contribution in [1.82, 2.24) is 5.32 Å². The molecule has 0 fully saturated rings. The molecule has 0 aromatic heterocycles. The molecule has 130 valence electrons. The summed E-state index contributed by atoms with van der Waals surface area (Å²) in [6, 6.07) is 12.0. The van der Waals surface area contributed by atoms with Gasteiger partial charge in [0, 0.05) is 5.69 Å². The van der Waals surface area contributed by atoms with Crippen LogP contribution >= 0.6 is 11.6 Å². The standard InChI is InChI=1S/C18H17ClN2O4/c1-11(20-17(23)14-5-3-4-6-15(14)19)16(22)21-13-9-7-12(8-10-13)18(24)25-2/h3-11H,1-2H3,(H,20,23)(H,21,22)/t11-/m0/s1. The summed E-state index contributed by atoms with van der Waals surface area (Å²) >= 11 is 5.97. The van der Waals surface area contributed by atoms with Crippen molar-refractivity contribution in [2.45, 2.75) is 13.0 Å². The predicted octanol–water partition coefficient (Wildman–Crippen LogP) is 2.88. The van der Waals surface area contributed by atoms with Gasteiger partial charge in [0.25, 0.3) is 5.91 Å². The number of hydrogen-bond donors (Lipinski definition) is 2. The first-order chi connectivity index (χ1) is 11.9. The van der Waals surface area contributed by atoms with E-state index in [0.29, 0.717) is 21.8 Å². The highest BCUT2D eigenvalue weighted by molar-refractivity contribution is 6.33. The molecule has 2 N–H and O–H groups in total. The summed E-state index contributed by atoms with van der Waals surface area (Å²) in [5.41, 5.74) is 1.17. The van der Waals surface area contributed by atoms with Crippen molar-refractivity contribution in [2.24, 2.45) is 0 Å². The van der Waals surface area contributed by atoms with Crippen LogP contribution in [0.15, 0.2) is 48.5 Å². The van der Waals surface area contributed by atoms with E-state index in [1.54, 1.807) is 43.3 Å². The second-order valence-electron chi connectivity index (χ2n) is 5.23. The van der Waals surface area contributed by atoms with E-state index in [2.05, 4.69) is 15.4 Å². The third kappa shape index (κ3) is 4.81. The van der Waals surface area contributed by atoms with Crippen LogP contribution in [-0.2, 0) is 9.53 Å². The van der Waals surface area contributed by atoms with Gasteiger partial charge in [0.1, 0.15) is 6.04 Å². The van der Waals surface area contributed by atoms with E-state index < -0.39 is 23.8 Å². The molecule has 0 unspecified atom stereocenters. The van der Waals surface area contributed by atoms with E-state index in [1.165, 1.54) is 19.2 Å². The molecule has 2 amide bonds. The van der Waals surface area contributed by atoms with Crippen LogP contribution in [-0.4, -0.2) is 30.9 Å². The van der Waals surface area contributed by atoms with Gasteiger partial charge in [0.15, 0.2) is 0 Å². The Kier molecular flexibility index (Phi) is 6.14. The molecular weight excluding hydrogens is 344 g/mol. The van der Waals surface area contributed by atoms with Crippen LogP contribution in [0.5, 0.6) is 0 Å². The lowest BCUT2D eigenvalue weighted by Crippen LogP contribution is -2.41. The van der Waals surface area contributed by atoms with Crippen molar-refractivity contribution in [1.29, 1.82) is 0 Å². The zero-order valence-electron chi connectivity index (χ0n) is 13.7. The molecule has 1 atom stereocenters. The largest absolute Gasteiger partial charge is 0.465 e. The third-order valence-corrected chi connectivity index (χ3v) is 3.76. The minimum Gasteiger partial charge on any atom is -0.465 e. The van der Waals surface area contributed by atoms with Gasteiger partial charge >= 0.3 is 5.97 Å². The monoisotopic (exact) mass is 360 g/mol. The van der Waals surface area contributed by atoms with Crippen LogP contribution in [0.3, 0.4) is 0 Å². The van der Waals surface area contributed by atoms with Gasteiger partial charge in [0.2, 0.25) is 5.91 Å². The van der Waals surface area contributed by atoms with E-state index in [1.807, 2.05) is 0 Å². The van der Waals surface area contributed by atoms with Gasteiger partial charge in [-0.1, -0.05) is 23.7 Å². The van der Waals surface area contributed by atoms with E-state index in [9.17, 15) is 14.4 Å². The van der Waals surface area contributed by atoms with Crippen LogP contribution in [0.25, 0.3) is 0 Å². The van der Waals surface area contributed by atoms with Gasteiger partial charge in [-0.25, -0.2) is 4.79 Å².